The smallest absolute Gasteiger partial charge is 0.328 e. The zero-order chi connectivity index (χ0) is 15.4. The highest BCUT2D eigenvalue weighted by Gasteiger charge is 2.23. The van der Waals surface area contributed by atoms with Gasteiger partial charge in [0.1, 0.15) is 5.75 Å². The normalized spacial score (nSPS) is 14.4. The maximum atomic E-state index is 12.5. The molecule has 0 saturated carbocycles. The molecule has 0 unspecified atom stereocenters. The van der Waals surface area contributed by atoms with Crippen molar-refractivity contribution in [1.29, 1.82) is 0 Å². The van der Waals surface area contributed by atoms with Gasteiger partial charge in [-0.3, -0.25) is 4.90 Å². The van der Waals surface area contributed by atoms with Crippen molar-refractivity contribution >= 4 is 23.3 Å². The molecule has 2 amide bonds. The van der Waals surface area contributed by atoms with Crippen LogP contribution in [0.25, 0.3) is 0 Å². The molecule has 2 rings (SSSR count). The zero-order valence-electron chi connectivity index (χ0n) is 12.7. The summed E-state index contributed by atoms with van der Waals surface area (Å²) >= 11 is 6.20. The van der Waals surface area contributed by atoms with Crippen LogP contribution in [-0.4, -0.2) is 32.1 Å². The van der Waals surface area contributed by atoms with E-state index < -0.39 is 0 Å². The van der Waals surface area contributed by atoms with Crippen LogP contribution in [0.1, 0.15) is 25.7 Å². The predicted octanol–water partition coefficient (Wildman–Crippen LogP) is 4.29. The van der Waals surface area contributed by atoms with Gasteiger partial charge in [-0.15, -0.1) is 0 Å². The first kappa shape index (κ1) is 15.7. The third-order valence-electron chi connectivity index (χ3n) is 3.52. The molecule has 1 aromatic rings. The largest absolute Gasteiger partial charge is 0.495 e. The van der Waals surface area contributed by atoms with Crippen molar-refractivity contribution in [2.75, 3.05) is 26.1 Å². The summed E-state index contributed by atoms with van der Waals surface area (Å²) in [6, 6.07) is 5.36. The topological polar surface area (TPSA) is 32.8 Å². The third-order valence-corrected chi connectivity index (χ3v) is 3.82. The van der Waals surface area contributed by atoms with E-state index in [1.807, 2.05) is 6.07 Å². The molecular formula is C16H21ClN2O2. The Bertz CT molecular complexity index is 555. The summed E-state index contributed by atoms with van der Waals surface area (Å²) in [5.41, 5.74) is 1.81. The lowest BCUT2D eigenvalue weighted by atomic mass is 10.0. The average molecular weight is 309 g/mol. The van der Waals surface area contributed by atoms with Gasteiger partial charge in [-0.25, -0.2) is 4.79 Å². The molecule has 0 atom stereocenters. The number of carbonyl (C=O) groups excluding carboxylic acids is 1. The van der Waals surface area contributed by atoms with Crippen molar-refractivity contribution in [3.05, 3.63) is 35.0 Å². The maximum absolute atomic E-state index is 12.5. The highest BCUT2D eigenvalue weighted by atomic mass is 35.5. The third kappa shape index (κ3) is 3.50. The van der Waals surface area contributed by atoms with E-state index in [1.54, 1.807) is 43.1 Å². The molecule has 1 aliphatic rings. The van der Waals surface area contributed by atoms with Crippen LogP contribution in [0.3, 0.4) is 0 Å². The Labute approximate surface area is 130 Å². The highest BCUT2D eigenvalue weighted by molar-refractivity contribution is 6.32. The number of hydrogen-bond acceptors (Lipinski definition) is 2. The van der Waals surface area contributed by atoms with Crippen LogP contribution in [0.4, 0.5) is 10.5 Å². The van der Waals surface area contributed by atoms with Crippen LogP contribution in [0.5, 0.6) is 5.75 Å². The van der Waals surface area contributed by atoms with Crippen molar-refractivity contribution in [3.8, 4) is 5.75 Å². The van der Waals surface area contributed by atoms with Crippen molar-refractivity contribution < 1.29 is 9.53 Å². The minimum Gasteiger partial charge on any atom is -0.495 e. The van der Waals surface area contributed by atoms with Gasteiger partial charge in [0.2, 0.25) is 0 Å². The van der Waals surface area contributed by atoms with E-state index in [1.165, 1.54) is 6.42 Å². The molecular weight excluding hydrogens is 288 g/mol. The fourth-order valence-electron chi connectivity index (χ4n) is 2.42. The first-order valence-electron chi connectivity index (χ1n) is 7.08. The summed E-state index contributed by atoms with van der Waals surface area (Å²) in [6.45, 7) is 0. The van der Waals surface area contributed by atoms with Crippen molar-refractivity contribution in [1.82, 2.24) is 4.90 Å². The van der Waals surface area contributed by atoms with Crippen molar-refractivity contribution in [2.24, 2.45) is 0 Å². The van der Waals surface area contributed by atoms with Gasteiger partial charge in [0.05, 0.1) is 17.8 Å². The van der Waals surface area contributed by atoms with Crippen molar-refractivity contribution in [3.63, 3.8) is 0 Å². The molecule has 5 heteroatoms. The SMILES string of the molecule is COc1ccc(N(C(=O)N(C)C)C2=CCCCC2)cc1Cl. The molecule has 0 bridgehead atoms. The minimum absolute atomic E-state index is 0.0654. The number of nitrogens with zero attached hydrogens (tertiary/aromatic N) is 2. The fraction of sp³-hybridized carbons (Fsp3) is 0.438. The predicted molar refractivity (Wildman–Crippen MR) is 86.1 cm³/mol. The van der Waals surface area contributed by atoms with Crippen LogP contribution >= 0.6 is 11.6 Å². The molecule has 4 nitrogen and oxygen atoms in total. The van der Waals surface area contributed by atoms with Gasteiger partial charge < -0.3 is 9.64 Å². The lowest BCUT2D eigenvalue weighted by Crippen LogP contribution is -2.39. The first-order valence-corrected chi connectivity index (χ1v) is 7.46. The number of amides is 2. The summed E-state index contributed by atoms with van der Waals surface area (Å²) < 4.78 is 5.17. The van der Waals surface area contributed by atoms with E-state index in [0.29, 0.717) is 10.8 Å². The van der Waals surface area contributed by atoms with Gasteiger partial charge in [0.15, 0.2) is 0 Å². The Kier molecular flexibility index (Phi) is 5.12. The van der Waals surface area contributed by atoms with Gasteiger partial charge in [0, 0.05) is 19.8 Å². The summed E-state index contributed by atoms with van der Waals surface area (Å²) in [6.07, 6.45) is 6.34. The standard InChI is InChI=1S/C16H21ClN2O2/c1-18(2)16(20)19(12-7-5-4-6-8-12)13-9-10-15(21-3)14(17)11-13/h7,9-11H,4-6,8H2,1-3H3. The number of rotatable bonds is 3. The molecule has 1 aromatic carbocycles. The van der Waals surface area contributed by atoms with E-state index in [2.05, 4.69) is 6.08 Å². The minimum atomic E-state index is -0.0654. The number of hydrogen-bond donors (Lipinski definition) is 0. The lowest BCUT2D eigenvalue weighted by Gasteiger charge is -2.30. The second-order valence-electron chi connectivity index (χ2n) is 5.27. The number of anilines is 1. The summed E-state index contributed by atoms with van der Waals surface area (Å²) in [4.78, 5) is 15.9. The second kappa shape index (κ2) is 6.85. The quantitative estimate of drug-likeness (QED) is 0.834. The number of urea groups is 1. The van der Waals surface area contributed by atoms with Crippen LogP contribution < -0.4 is 9.64 Å². The van der Waals surface area contributed by atoms with Crippen molar-refractivity contribution in [2.45, 2.75) is 25.7 Å². The Morgan fingerprint density at radius 3 is 2.57 bits per heavy atom. The summed E-state index contributed by atoms with van der Waals surface area (Å²) in [5, 5.41) is 0.503. The molecule has 21 heavy (non-hydrogen) atoms. The van der Waals surface area contributed by atoms with Crippen LogP contribution in [0.2, 0.25) is 5.02 Å². The van der Waals surface area contributed by atoms with E-state index in [9.17, 15) is 4.79 Å². The molecule has 0 aliphatic heterocycles. The van der Waals surface area contributed by atoms with Gasteiger partial charge >= 0.3 is 6.03 Å². The Morgan fingerprint density at radius 1 is 1.29 bits per heavy atom. The van der Waals surface area contributed by atoms with Gasteiger partial charge in [0.25, 0.3) is 0 Å². The van der Waals surface area contributed by atoms with Gasteiger partial charge in [-0.05, 0) is 43.9 Å². The van der Waals surface area contributed by atoms with Gasteiger partial charge in [-0.2, -0.15) is 0 Å². The molecule has 114 valence electrons. The number of halogens is 1. The maximum Gasteiger partial charge on any atom is 0.328 e. The number of benzene rings is 1. The second-order valence-corrected chi connectivity index (χ2v) is 5.68. The fourth-order valence-corrected chi connectivity index (χ4v) is 2.67. The van der Waals surface area contributed by atoms with Crippen LogP contribution in [0, 0.1) is 0 Å². The van der Waals surface area contributed by atoms with Crippen LogP contribution in [0.15, 0.2) is 30.0 Å². The molecule has 1 aliphatic carbocycles. The molecule has 0 aromatic heterocycles. The molecule has 0 radical (unpaired) electrons. The Balaban J connectivity index is 2.41. The van der Waals surface area contributed by atoms with E-state index in [-0.39, 0.29) is 6.03 Å². The number of carbonyl (C=O) groups is 1. The lowest BCUT2D eigenvalue weighted by molar-refractivity contribution is 0.225. The van der Waals surface area contributed by atoms with E-state index >= 15 is 0 Å². The first-order chi connectivity index (χ1) is 10.0. The highest BCUT2D eigenvalue weighted by Crippen LogP contribution is 2.33. The molecule has 0 spiro atoms. The summed E-state index contributed by atoms with van der Waals surface area (Å²) in [7, 11) is 5.08. The molecule has 0 N–H and O–H groups in total. The number of ether oxygens (including phenoxy) is 1. The summed E-state index contributed by atoms with van der Waals surface area (Å²) in [5.74, 6) is 0.607. The monoisotopic (exact) mass is 308 g/mol. The van der Waals surface area contributed by atoms with Crippen LogP contribution in [-0.2, 0) is 0 Å². The Morgan fingerprint density at radius 2 is 2.05 bits per heavy atom. The molecule has 0 saturated heterocycles. The number of allylic oxidation sites excluding steroid dienone is 2. The zero-order valence-corrected chi connectivity index (χ0v) is 13.5. The molecule has 0 fully saturated rings. The molecule has 0 heterocycles. The Hall–Kier alpha value is -1.68. The van der Waals surface area contributed by atoms with E-state index in [0.717, 1.165) is 30.6 Å². The average Bonchev–Trinajstić information content (AvgIpc) is 2.48. The van der Waals surface area contributed by atoms with Gasteiger partial charge in [-0.1, -0.05) is 17.7 Å². The number of methoxy groups -OCH3 is 1. The van der Waals surface area contributed by atoms with E-state index in [4.69, 9.17) is 16.3 Å².